The number of anilines is 1. The Morgan fingerprint density at radius 1 is 1.56 bits per heavy atom. The number of hydrogen-bond acceptors (Lipinski definition) is 4. The molecule has 1 amide bonds. The fourth-order valence-electron chi connectivity index (χ4n) is 1.55. The summed E-state index contributed by atoms with van der Waals surface area (Å²) in [7, 11) is 0. The van der Waals surface area contributed by atoms with Gasteiger partial charge in [0, 0.05) is 11.1 Å². The van der Waals surface area contributed by atoms with Crippen LogP contribution in [-0.4, -0.2) is 17.4 Å². The van der Waals surface area contributed by atoms with Crippen LogP contribution in [0.3, 0.4) is 0 Å². The molecule has 5 heteroatoms. The van der Waals surface area contributed by atoms with Crippen molar-refractivity contribution in [1.82, 2.24) is 10.3 Å². The number of hydrogen-bond donors (Lipinski definition) is 2. The number of carbonyl (C=O) groups excluding carboxylic acids is 1. The molecule has 2 aromatic heterocycles. The molecular formula is C13H13N3OS. The van der Waals surface area contributed by atoms with E-state index in [1.165, 1.54) is 11.3 Å². The van der Waals surface area contributed by atoms with Crippen molar-refractivity contribution in [3.63, 3.8) is 0 Å². The van der Waals surface area contributed by atoms with Crippen molar-refractivity contribution < 1.29 is 4.79 Å². The maximum atomic E-state index is 11.9. The smallest absolute Gasteiger partial charge is 0.264 e. The van der Waals surface area contributed by atoms with Crippen LogP contribution in [0.4, 0.5) is 5.69 Å². The predicted octanol–water partition coefficient (Wildman–Crippen LogP) is 1.94. The van der Waals surface area contributed by atoms with Gasteiger partial charge in [0.05, 0.1) is 12.2 Å². The Kier molecular flexibility index (Phi) is 3.49. The third-order valence-corrected chi connectivity index (χ3v) is 3.57. The summed E-state index contributed by atoms with van der Waals surface area (Å²) in [5, 5.41) is 3.54. The number of carbonyl (C=O) groups is 1. The average molecular weight is 259 g/mol. The van der Waals surface area contributed by atoms with E-state index in [-0.39, 0.29) is 5.91 Å². The van der Waals surface area contributed by atoms with Crippen LogP contribution < -0.4 is 11.1 Å². The molecule has 0 saturated carbocycles. The van der Waals surface area contributed by atoms with E-state index >= 15 is 0 Å². The van der Waals surface area contributed by atoms with Crippen LogP contribution in [0.2, 0.25) is 0 Å². The van der Waals surface area contributed by atoms with Crippen molar-refractivity contribution in [3.8, 4) is 11.8 Å². The molecule has 0 aliphatic heterocycles. The number of amides is 1. The molecule has 0 unspecified atom stereocenters. The Morgan fingerprint density at radius 3 is 3.06 bits per heavy atom. The second kappa shape index (κ2) is 5.07. The number of pyridine rings is 1. The van der Waals surface area contributed by atoms with Crippen molar-refractivity contribution in [3.05, 3.63) is 22.7 Å². The number of fused-ring (bicyclic) bond motifs is 1. The van der Waals surface area contributed by atoms with Gasteiger partial charge in [0.25, 0.3) is 5.91 Å². The molecule has 0 saturated heterocycles. The highest BCUT2D eigenvalue weighted by molar-refractivity contribution is 7.21. The van der Waals surface area contributed by atoms with Crippen molar-refractivity contribution >= 4 is 33.1 Å². The SMILES string of the molecule is CC#CCNC(=O)c1sc2nc(C)ccc2c1N. The lowest BCUT2D eigenvalue weighted by atomic mass is 10.2. The van der Waals surface area contributed by atoms with Gasteiger partial charge in [-0.15, -0.1) is 17.3 Å². The van der Waals surface area contributed by atoms with Crippen LogP contribution in [0, 0.1) is 18.8 Å². The summed E-state index contributed by atoms with van der Waals surface area (Å²) in [5.74, 6) is 5.30. The van der Waals surface area contributed by atoms with E-state index in [4.69, 9.17) is 5.73 Å². The first-order valence-electron chi connectivity index (χ1n) is 5.47. The largest absolute Gasteiger partial charge is 0.397 e. The highest BCUT2D eigenvalue weighted by Crippen LogP contribution is 2.32. The summed E-state index contributed by atoms with van der Waals surface area (Å²) in [5.41, 5.74) is 7.37. The zero-order valence-corrected chi connectivity index (χ0v) is 11.0. The van der Waals surface area contributed by atoms with Crippen LogP contribution in [0.25, 0.3) is 10.2 Å². The molecule has 3 N–H and O–H groups in total. The van der Waals surface area contributed by atoms with E-state index in [0.29, 0.717) is 17.1 Å². The monoisotopic (exact) mass is 259 g/mol. The molecule has 0 aliphatic rings. The summed E-state index contributed by atoms with van der Waals surface area (Å²) in [4.78, 5) is 17.6. The Hall–Kier alpha value is -2.06. The Bertz CT molecular complexity index is 664. The lowest BCUT2D eigenvalue weighted by Gasteiger charge is -1.99. The normalized spacial score (nSPS) is 9.89. The Labute approximate surface area is 109 Å². The molecule has 18 heavy (non-hydrogen) atoms. The van der Waals surface area contributed by atoms with E-state index < -0.39 is 0 Å². The molecule has 0 bridgehead atoms. The molecule has 2 aromatic rings. The number of thiophene rings is 1. The Balaban J connectivity index is 2.35. The minimum atomic E-state index is -0.198. The number of aryl methyl sites for hydroxylation is 1. The van der Waals surface area contributed by atoms with E-state index in [1.54, 1.807) is 6.92 Å². The number of nitrogens with two attached hydrogens (primary N) is 1. The molecule has 2 heterocycles. The number of nitrogens with zero attached hydrogens (tertiary/aromatic N) is 1. The fourth-order valence-corrected chi connectivity index (χ4v) is 2.61. The summed E-state index contributed by atoms with van der Waals surface area (Å²) in [6.07, 6.45) is 0. The maximum absolute atomic E-state index is 11.9. The summed E-state index contributed by atoms with van der Waals surface area (Å²) >= 11 is 1.31. The van der Waals surface area contributed by atoms with Gasteiger partial charge in [0.15, 0.2) is 0 Å². The lowest BCUT2D eigenvalue weighted by molar-refractivity contribution is 0.0963. The zero-order valence-electron chi connectivity index (χ0n) is 10.2. The van der Waals surface area contributed by atoms with Crippen LogP contribution in [0.5, 0.6) is 0 Å². The molecule has 0 spiro atoms. The van der Waals surface area contributed by atoms with Crippen molar-refractivity contribution in [2.75, 3.05) is 12.3 Å². The summed E-state index contributed by atoms with van der Waals surface area (Å²) in [6, 6.07) is 3.78. The molecular weight excluding hydrogens is 246 g/mol. The highest BCUT2D eigenvalue weighted by Gasteiger charge is 2.16. The molecule has 4 nitrogen and oxygen atoms in total. The quantitative estimate of drug-likeness (QED) is 0.810. The van der Waals surface area contributed by atoms with Crippen molar-refractivity contribution in [2.45, 2.75) is 13.8 Å². The van der Waals surface area contributed by atoms with Crippen LogP contribution in [0.15, 0.2) is 12.1 Å². The molecule has 0 aliphatic carbocycles. The van der Waals surface area contributed by atoms with Gasteiger partial charge >= 0.3 is 0 Å². The van der Waals surface area contributed by atoms with Gasteiger partial charge in [-0.05, 0) is 26.0 Å². The maximum Gasteiger partial charge on any atom is 0.264 e. The fraction of sp³-hybridized carbons (Fsp3) is 0.231. The first kappa shape index (κ1) is 12.4. The third-order valence-electron chi connectivity index (χ3n) is 2.45. The standard InChI is InChI=1S/C13H13N3OS/c1-3-4-7-15-12(17)11-10(14)9-6-5-8(2)16-13(9)18-11/h5-6H,7,14H2,1-2H3,(H,15,17). The summed E-state index contributed by atoms with van der Waals surface area (Å²) in [6.45, 7) is 3.97. The molecule has 92 valence electrons. The predicted molar refractivity (Wildman–Crippen MR) is 74.6 cm³/mol. The molecule has 0 atom stereocenters. The Morgan fingerprint density at radius 2 is 2.33 bits per heavy atom. The van der Waals surface area contributed by atoms with E-state index in [0.717, 1.165) is 15.9 Å². The number of nitrogens with one attached hydrogen (secondary N) is 1. The number of aromatic nitrogens is 1. The second-order valence-electron chi connectivity index (χ2n) is 3.76. The average Bonchev–Trinajstić information content (AvgIpc) is 2.66. The van der Waals surface area contributed by atoms with E-state index in [9.17, 15) is 4.79 Å². The van der Waals surface area contributed by atoms with Gasteiger partial charge in [-0.25, -0.2) is 4.98 Å². The molecule has 0 aromatic carbocycles. The van der Waals surface area contributed by atoms with Crippen LogP contribution in [-0.2, 0) is 0 Å². The van der Waals surface area contributed by atoms with Gasteiger partial charge in [-0.3, -0.25) is 4.79 Å². The van der Waals surface area contributed by atoms with Gasteiger partial charge in [0.1, 0.15) is 9.71 Å². The van der Waals surface area contributed by atoms with Crippen molar-refractivity contribution in [1.29, 1.82) is 0 Å². The molecule has 2 rings (SSSR count). The topological polar surface area (TPSA) is 68.0 Å². The highest BCUT2D eigenvalue weighted by atomic mass is 32.1. The first-order valence-corrected chi connectivity index (χ1v) is 6.28. The van der Waals surface area contributed by atoms with Crippen LogP contribution >= 0.6 is 11.3 Å². The van der Waals surface area contributed by atoms with E-state index in [2.05, 4.69) is 22.1 Å². The molecule has 0 radical (unpaired) electrons. The first-order chi connectivity index (χ1) is 8.63. The van der Waals surface area contributed by atoms with Gasteiger partial charge < -0.3 is 11.1 Å². The minimum Gasteiger partial charge on any atom is -0.397 e. The lowest BCUT2D eigenvalue weighted by Crippen LogP contribution is -2.23. The number of rotatable bonds is 2. The third kappa shape index (κ3) is 2.29. The van der Waals surface area contributed by atoms with Crippen molar-refractivity contribution in [2.24, 2.45) is 0 Å². The zero-order chi connectivity index (χ0) is 13.1. The van der Waals surface area contributed by atoms with Gasteiger partial charge in [-0.1, -0.05) is 5.92 Å². The van der Waals surface area contributed by atoms with Gasteiger partial charge in [0.2, 0.25) is 0 Å². The molecule has 0 fully saturated rings. The minimum absolute atomic E-state index is 0.198. The van der Waals surface area contributed by atoms with Crippen LogP contribution in [0.1, 0.15) is 22.3 Å². The van der Waals surface area contributed by atoms with Gasteiger partial charge in [-0.2, -0.15) is 0 Å². The number of nitrogen functional groups attached to an aromatic ring is 1. The summed E-state index contributed by atoms with van der Waals surface area (Å²) < 4.78 is 0. The second-order valence-corrected chi connectivity index (χ2v) is 4.76. The van der Waals surface area contributed by atoms with E-state index in [1.807, 2.05) is 19.1 Å².